The molecule has 0 unspecified atom stereocenters. The predicted molar refractivity (Wildman–Crippen MR) is 74.9 cm³/mol. The summed E-state index contributed by atoms with van der Waals surface area (Å²) in [4.78, 5) is 35.6. The van der Waals surface area contributed by atoms with Gasteiger partial charge in [-0.1, -0.05) is 6.07 Å². The minimum Gasteiger partial charge on any atom is -0.466 e. The van der Waals surface area contributed by atoms with E-state index >= 15 is 0 Å². The molecule has 0 aliphatic carbocycles. The molecule has 0 bridgehead atoms. The molecule has 7 nitrogen and oxygen atoms in total. The Bertz CT molecular complexity index is 599. The molecule has 0 aromatic heterocycles. The van der Waals surface area contributed by atoms with E-state index in [2.05, 4.69) is 0 Å². The van der Waals surface area contributed by atoms with Gasteiger partial charge in [-0.15, -0.1) is 0 Å². The topological polar surface area (TPSA) is 89.8 Å². The summed E-state index contributed by atoms with van der Waals surface area (Å²) < 4.78 is 4.91. The number of carbonyl (C=O) groups is 2. The molecular weight excluding hydrogens is 276 g/mol. The minimum atomic E-state index is -0.516. The van der Waals surface area contributed by atoms with E-state index in [1.165, 1.54) is 11.0 Å². The molecule has 1 aromatic carbocycles. The van der Waals surface area contributed by atoms with E-state index in [0.29, 0.717) is 11.3 Å². The lowest BCUT2D eigenvalue weighted by Gasteiger charge is -2.16. The van der Waals surface area contributed by atoms with Crippen molar-refractivity contribution < 1.29 is 19.2 Å². The summed E-state index contributed by atoms with van der Waals surface area (Å²) in [6, 6.07) is 4.60. The largest absolute Gasteiger partial charge is 0.466 e. The Balaban J connectivity index is 2.23. The molecule has 0 N–H and O–H groups in total. The number of hydrogen-bond donors (Lipinski definition) is 0. The lowest BCUT2D eigenvalue weighted by molar-refractivity contribution is -0.385. The van der Waals surface area contributed by atoms with Crippen LogP contribution in [0.3, 0.4) is 0 Å². The second-order valence-electron chi connectivity index (χ2n) is 4.89. The van der Waals surface area contributed by atoms with Crippen molar-refractivity contribution in [1.82, 2.24) is 0 Å². The van der Waals surface area contributed by atoms with Gasteiger partial charge in [0.05, 0.1) is 23.1 Å². The monoisotopic (exact) mass is 292 g/mol. The Morgan fingerprint density at radius 1 is 1.52 bits per heavy atom. The fraction of sp³-hybridized carbons (Fsp3) is 0.429. The number of aryl methyl sites for hydroxylation is 1. The lowest BCUT2D eigenvalue weighted by atomic mass is 10.1. The second kappa shape index (κ2) is 5.90. The number of esters is 1. The fourth-order valence-electron chi connectivity index (χ4n) is 2.34. The average Bonchev–Trinajstić information content (AvgIpc) is 2.81. The molecular formula is C14H16N2O5. The highest BCUT2D eigenvalue weighted by Crippen LogP contribution is 2.30. The van der Waals surface area contributed by atoms with Crippen LogP contribution in [0.15, 0.2) is 18.2 Å². The van der Waals surface area contributed by atoms with E-state index in [1.54, 1.807) is 26.0 Å². The Hall–Kier alpha value is -2.44. The highest BCUT2D eigenvalue weighted by atomic mass is 16.6. The molecule has 0 radical (unpaired) electrons. The van der Waals surface area contributed by atoms with Crippen LogP contribution in [0.2, 0.25) is 0 Å². The van der Waals surface area contributed by atoms with Gasteiger partial charge in [-0.25, -0.2) is 0 Å². The zero-order valence-electron chi connectivity index (χ0n) is 11.9. The number of nitro benzene ring substituents is 1. The summed E-state index contributed by atoms with van der Waals surface area (Å²) in [7, 11) is 0. The maximum atomic E-state index is 12.0. The smallest absolute Gasteiger partial charge is 0.311 e. The van der Waals surface area contributed by atoms with E-state index < -0.39 is 16.8 Å². The number of amides is 1. The minimum absolute atomic E-state index is 0.0418. The molecule has 112 valence electrons. The van der Waals surface area contributed by atoms with Crippen LogP contribution in [0.1, 0.15) is 18.9 Å². The van der Waals surface area contributed by atoms with Crippen molar-refractivity contribution in [2.24, 2.45) is 5.92 Å². The first-order chi connectivity index (χ1) is 9.93. The Kier molecular flexibility index (Phi) is 4.21. The Morgan fingerprint density at radius 3 is 2.86 bits per heavy atom. The molecule has 1 aromatic rings. The molecule has 1 fully saturated rings. The number of rotatable bonds is 4. The first kappa shape index (κ1) is 15.0. The van der Waals surface area contributed by atoms with Crippen LogP contribution in [0, 0.1) is 23.0 Å². The number of ether oxygens (including phenoxy) is 1. The molecule has 1 saturated heterocycles. The standard InChI is InChI=1S/C14H16N2O5/c1-3-21-14(18)10-6-13(17)15(8-10)11-5-4-9(2)12(7-11)16(19)20/h4-5,7,10H,3,6,8H2,1-2H3/t10-/m0/s1. The van der Waals surface area contributed by atoms with Gasteiger partial charge in [-0.2, -0.15) is 0 Å². The number of carbonyl (C=O) groups excluding carboxylic acids is 2. The van der Waals surface area contributed by atoms with E-state index in [0.717, 1.165) is 0 Å². The average molecular weight is 292 g/mol. The van der Waals surface area contributed by atoms with Gasteiger partial charge in [0, 0.05) is 24.6 Å². The van der Waals surface area contributed by atoms with Crippen molar-refractivity contribution in [3.05, 3.63) is 33.9 Å². The zero-order chi connectivity index (χ0) is 15.6. The van der Waals surface area contributed by atoms with Gasteiger partial charge >= 0.3 is 5.97 Å². The van der Waals surface area contributed by atoms with Crippen LogP contribution in [0.4, 0.5) is 11.4 Å². The zero-order valence-corrected chi connectivity index (χ0v) is 11.9. The maximum absolute atomic E-state index is 12.0. The third kappa shape index (κ3) is 3.01. The highest BCUT2D eigenvalue weighted by molar-refractivity contribution is 5.99. The molecule has 1 amide bonds. The van der Waals surface area contributed by atoms with Crippen LogP contribution in [-0.4, -0.2) is 30.0 Å². The SMILES string of the molecule is CCOC(=O)[C@H]1CC(=O)N(c2ccc(C)c([N+](=O)[O-])c2)C1. The highest BCUT2D eigenvalue weighted by Gasteiger charge is 2.36. The molecule has 0 spiro atoms. The van der Waals surface area contributed by atoms with Crippen LogP contribution in [-0.2, 0) is 14.3 Å². The quantitative estimate of drug-likeness (QED) is 0.479. The summed E-state index contributed by atoms with van der Waals surface area (Å²) in [5.74, 6) is -1.15. The summed E-state index contributed by atoms with van der Waals surface area (Å²) in [5, 5.41) is 11.0. The molecule has 0 saturated carbocycles. The van der Waals surface area contributed by atoms with Crippen LogP contribution in [0.5, 0.6) is 0 Å². The van der Waals surface area contributed by atoms with Gasteiger partial charge < -0.3 is 9.64 Å². The lowest BCUT2D eigenvalue weighted by Crippen LogP contribution is -2.26. The second-order valence-corrected chi connectivity index (χ2v) is 4.89. The third-order valence-corrected chi connectivity index (χ3v) is 3.45. The normalized spacial score (nSPS) is 17.9. The molecule has 7 heteroatoms. The molecule has 1 aliphatic rings. The molecule has 1 atom stereocenters. The number of benzene rings is 1. The summed E-state index contributed by atoms with van der Waals surface area (Å²) in [6.07, 6.45) is 0.0699. The van der Waals surface area contributed by atoms with Gasteiger partial charge in [-0.3, -0.25) is 19.7 Å². The summed E-state index contributed by atoms with van der Waals surface area (Å²) in [5.41, 5.74) is 0.918. The molecule has 1 aliphatic heterocycles. The van der Waals surface area contributed by atoms with Gasteiger partial charge in [0.25, 0.3) is 5.69 Å². The van der Waals surface area contributed by atoms with Crippen molar-refractivity contribution in [1.29, 1.82) is 0 Å². The van der Waals surface area contributed by atoms with E-state index in [1.807, 2.05) is 0 Å². The molecule has 21 heavy (non-hydrogen) atoms. The molecule has 1 heterocycles. The number of anilines is 1. The predicted octanol–water partition coefficient (Wildman–Crippen LogP) is 1.82. The molecule has 2 rings (SSSR count). The van der Waals surface area contributed by atoms with Crippen molar-refractivity contribution in [3.8, 4) is 0 Å². The van der Waals surface area contributed by atoms with Gasteiger partial charge in [0.1, 0.15) is 0 Å². The number of nitro groups is 1. The van der Waals surface area contributed by atoms with Crippen LogP contribution >= 0.6 is 0 Å². The van der Waals surface area contributed by atoms with Crippen molar-refractivity contribution in [3.63, 3.8) is 0 Å². The van der Waals surface area contributed by atoms with Crippen molar-refractivity contribution in [2.45, 2.75) is 20.3 Å². The maximum Gasteiger partial charge on any atom is 0.311 e. The van der Waals surface area contributed by atoms with Gasteiger partial charge in [0.2, 0.25) is 5.91 Å². The van der Waals surface area contributed by atoms with E-state index in [9.17, 15) is 19.7 Å². The summed E-state index contributed by atoms with van der Waals surface area (Å²) >= 11 is 0. The van der Waals surface area contributed by atoms with Crippen LogP contribution < -0.4 is 4.90 Å². The summed E-state index contributed by atoms with van der Waals surface area (Å²) in [6.45, 7) is 3.79. The van der Waals surface area contributed by atoms with E-state index in [4.69, 9.17) is 4.74 Å². The third-order valence-electron chi connectivity index (χ3n) is 3.45. The Labute approximate surface area is 121 Å². The van der Waals surface area contributed by atoms with Gasteiger partial charge in [-0.05, 0) is 19.9 Å². The van der Waals surface area contributed by atoms with Crippen molar-refractivity contribution in [2.75, 3.05) is 18.1 Å². The van der Waals surface area contributed by atoms with E-state index in [-0.39, 0.29) is 31.2 Å². The number of hydrogen-bond acceptors (Lipinski definition) is 5. The van der Waals surface area contributed by atoms with Crippen LogP contribution in [0.25, 0.3) is 0 Å². The first-order valence-corrected chi connectivity index (χ1v) is 6.66. The van der Waals surface area contributed by atoms with Gasteiger partial charge in [0.15, 0.2) is 0 Å². The number of nitrogens with zero attached hydrogens (tertiary/aromatic N) is 2. The first-order valence-electron chi connectivity index (χ1n) is 6.66. The Morgan fingerprint density at radius 2 is 2.24 bits per heavy atom. The van der Waals surface area contributed by atoms with Crippen molar-refractivity contribution >= 4 is 23.3 Å². The fourth-order valence-corrected chi connectivity index (χ4v) is 2.34.